The van der Waals surface area contributed by atoms with Crippen molar-refractivity contribution in [2.75, 3.05) is 65.4 Å². The Labute approximate surface area is 334 Å². The average Bonchev–Trinajstić information content (AvgIpc) is 2.98. The van der Waals surface area contributed by atoms with E-state index in [9.17, 15) is 31.2 Å². The minimum Gasteiger partial charge on any atom is -0.480 e. The molecule has 0 amide bonds. The quantitative estimate of drug-likeness (QED) is 0.0819. The maximum Gasteiger partial charge on any atom is 0.320 e. The third kappa shape index (κ3) is 70.3. The van der Waals surface area contributed by atoms with Crippen LogP contribution < -0.4 is 16.0 Å². The highest BCUT2D eigenvalue weighted by Gasteiger charge is 2.10. The van der Waals surface area contributed by atoms with Crippen molar-refractivity contribution in [3.05, 3.63) is 0 Å². The summed E-state index contributed by atoms with van der Waals surface area (Å²) in [6.07, 6.45) is 1.26. The van der Waals surface area contributed by atoms with Gasteiger partial charge in [0.15, 0.2) is 0 Å². The fourth-order valence-corrected chi connectivity index (χ4v) is 3.76. The molecule has 55 heavy (non-hydrogen) atoms. The van der Waals surface area contributed by atoms with E-state index in [-0.39, 0.29) is 42.7 Å². The molecule has 336 valence electrons. The zero-order valence-electron chi connectivity index (χ0n) is 37.0. The van der Waals surface area contributed by atoms with E-state index < -0.39 is 44.2 Å². The molecule has 0 spiro atoms. The summed E-state index contributed by atoms with van der Waals surface area (Å²) in [5.74, 6) is -2.79. The van der Waals surface area contributed by atoms with Crippen molar-refractivity contribution in [1.29, 1.82) is 0 Å². The van der Waals surface area contributed by atoms with E-state index in [2.05, 4.69) is 48.7 Å². The number of rotatable bonds is 20. The summed E-state index contributed by atoms with van der Waals surface area (Å²) < 4.78 is 57.5. The number of nitrogens with zero attached hydrogens (tertiary/aromatic N) is 3. The maximum absolute atomic E-state index is 10.3. The number of nitrogens with one attached hydrogen (secondary N) is 3. The molecule has 0 aliphatic heterocycles. The molecule has 0 aromatic carbocycles. The highest BCUT2D eigenvalue weighted by Crippen LogP contribution is 1.95. The van der Waals surface area contributed by atoms with Crippen LogP contribution in [0.4, 0.5) is 0 Å². The summed E-state index contributed by atoms with van der Waals surface area (Å²) in [5.41, 5.74) is 0. The number of carboxylic acids is 3. The van der Waals surface area contributed by atoms with Crippen molar-refractivity contribution in [2.24, 2.45) is 0 Å². The number of carboxylic acid groups (broad SMARTS) is 3. The van der Waals surface area contributed by atoms with E-state index in [1.807, 2.05) is 81.2 Å². The van der Waals surface area contributed by atoms with Gasteiger partial charge in [-0.2, -0.15) is 16.8 Å². The molecule has 20 heteroatoms. The van der Waals surface area contributed by atoms with Crippen LogP contribution in [0.15, 0.2) is 0 Å². The molecule has 0 fully saturated rings. The monoisotopic (exact) mass is 843 g/mol. The van der Waals surface area contributed by atoms with Crippen molar-refractivity contribution in [3.8, 4) is 0 Å². The highest BCUT2D eigenvalue weighted by atomic mass is 32.2. The van der Waals surface area contributed by atoms with E-state index in [0.29, 0.717) is 31.2 Å². The van der Waals surface area contributed by atoms with Crippen molar-refractivity contribution in [2.45, 2.75) is 146 Å². The summed E-state index contributed by atoms with van der Waals surface area (Å²) in [7, 11) is -1.81. The smallest absolute Gasteiger partial charge is 0.320 e. The number of aliphatic carboxylic acids is 3. The van der Waals surface area contributed by atoms with E-state index in [1.165, 1.54) is 13.0 Å². The van der Waals surface area contributed by atoms with Crippen LogP contribution in [0.1, 0.15) is 103 Å². The number of hydrogen-bond acceptors (Lipinski definition) is 13. The molecule has 1 atom stereocenters. The predicted molar refractivity (Wildman–Crippen MR) is 223 cm³/mol. The zero-order chi connectivity index (χ0) is 45.3. The fraction of sp³-hybridized carbons (Fsp3) is 0.914. The fourth-order valence-electron chi connectivity index (χ4n) is 2.86. The summed E-state index contributed by atoms with van der Waals surface area (Å²) >= 11 is 0. The first kappa shape index (κ1) is 64.9. The van der Waals surface area contributed by atoms with E-state index in [4.69, 9.17) is 24.4 Å². The molecule has 0 rings (SSSR count). The minimum atomic E-state index is -3.79. The van der Waals surface area contributed by atoms with Gasteiger partial charge in [0.1, 0.15) is 6.04 Å². The van der Waals surface area contributed by atoms with Crippen LogP contribution in [0.3, 0.4) is 0 Å². The van der Waals surface area contributed by atoms with Gasteiger partial charge in [-0.1, -0.05) is 48.5 Å². The van der Waals surface area contributed by atoms with Crippen LogP contribution in [0.5, 0.6) is 0 Å². The van der Waals surface area contributed by atoms with Gasteiger partial charge in [0, 0.05) is 49.3 Å². The van der Waals surface area contributed by atoms with Crippen LogP contribution >= 0.6 is 0 Å². The second-order valence-corrected chi connectivity index (χ2v) is 17.7. The molecule has 0 aromatic rings. The largest absolute Gasteiger partial charge is 0.480 e. The maximum atomic E-state index is 10.3. The van der Waals surface area contributed by atoms with Gasteiger partial charge in [-0.25, -0.2) is 0 Å². The van der Waals surface area contributed by atoms with Crippen LogP contribution in [0, 0.1) is 0 Å². The number of likely N-dealkylation sites (N-methyl/N-ethyl adjacent to an activating group) is 1. The summed E-state index contributed by atoms with van der Waals surface area (Å²) in [6, 6.07) is 1.61. The molecule has 0 aliphatic rings. The first-order chi connectivity index (χ1) is 24.6. The second kappa shape index (κ2) is 37.6. The lowest BCUT2D eigenvalue weighted by atomic mass is 10.3. The Morgan fingerprint density at radius 2 is 0.945 bits per heavy atom. The van der Waals surface area contributed by atoms with Crippen molar-refractivity contribution in [1.82, 2.24) is 30.7 Å². The van der Waals surface area contributed by atoms with Crippen LogP contribution in [-0.2, 0) is 34.6 Å². The Bertz CT molecular complexity index is 1150. The topological polar surface area (TPSA) is 266 Å². The van der Waals surface area contributed by atoms with Gasteiger partial charge in [-0.05, 0) is 82.6 Å². The van der Waals surface area contributed by atoms with Crippen molar-refractivity contribution < 1.29 is 55.6 Å². The Hall–Kier alpha value is -2.01. The van der Waals surface area contributed by atoms with Gasteiger partial charge in [0.05, 0.1) is 24.6 Å². The average molecular weight is 843 g/mol. The molecule has 18 nitrogen and oxygen atoms in total. The highest BCUT2D eigenvalue weighted by molar-refractivity contribution is 7.86. The lowest BCUT2D eigenvalue weighted by Crippen LogP contribution is -2.38. The molecule has 1 unspecified atom stereocenters. The first-order valence-corrected chi connectivity index (χ1v) is 21.7. The molecule has 8 N–H and O–H groups in total. The third-order valence-corrected chi connectivity index (χ3v) is 8.25. The van der Waals surface area contributed by atoms with Gasteiger partial charge >= 0.3 is 17.9 Å². The Morgan fingerprint density at radius 1 is 0.564 bits per heavy atom. The SMILES string of the molecule is CC(C)N(C)CC(=O)O.CC(C)N(C)CCS(=O)(=O)O.CC(C)NC(C)C(=O)O.CC(C)NCC(=O)O.CC(C)NCCS(=O)(=O)O.CCCN(C)C(C)C. The molecule has 0 radical (unpaired) electrons. The molecule has 0 saturated carbocycles. The molecule has 0 aromatic heterocycles. The van der Waals surface area contributed by atoms with Gasteiger partial charge in [-0.15, -0.1) is 0 Å². The van der Waals surface area contributed by atoms with Gasteiger partial charge in [-0.3, -0.25) is 28.4 Å². The van der Waals surface area contributed by atoms with Crippen molar-refractivity contribution in [3.63, 3.8) is 0 Å². The van der Waals surface area contributed by atoms with Crippen LogP contribution in [-0.4, -0.2) is 182 Å². The van der Waals surface area contributed by atoms with Crippen LogP contribution in [0.2, 0.25) is 0 Å². The summed E-state index contributed by atoms with van der Waals surface area (Å²) in [4.78, 5) is 36.1. The Balaban J connectivity index is -0.000000131. The van der Waals surface area contributed by atoms with E-state index >= 15 is 0 Å². The Kier molecular flexibility index (Phi) is 44.3. The molecule has 0 heterocycles. The van der Waals surface area contributed by atoms with E-state index in [1.54, 1.807) is 18.9 Å². The molecule has 0 aliphatic carbocycles. The van der Waals surface area contributed by atoms with Crippen molar-refractivity contribution >= 4 is 38.1 Å². The molecular weight excluding hydrogens is 761 g/mol. The predicted octanol–water partition coefficient (Wildman–Crippen LogP) is 2.76. The lowest BCUT2D eigenvalue weighted by Gasteiger charge is -2.19. The second-order valence-electron chi connectivity index (χ2n) is 14.5. The minimum absolute atomic E-state index is 0.0532. The summed E-state index contributed by atoms with van der Waals surface area (Å²) in [6.45, 7) is 29.6. The lowest BCUT2D eigenvalue weighted by molar-refractivity contribution is -0.139. The zero-order valence-corrected chi connectivity index (χ0v) is 38.6. The molecule has 0 saturated heterocycles. The standard InChI is InChI=1S/C7H17N.C6H15NO3S.2C6H13NO2.C5H13NO3S.C5H11NO2/c1-5-6-8(4)7(2)3;1-6(2)7(3)4-5-11(8,9)10;1-5(2)7(3)4-6(8)9;1-4(2)7-5(3)6(8)9;1-5(2)6-3-4-10(7,8)9;1-4(2)6-3-5(7)8/h7H,5-6H2,1-4H3;6H,4-5H2,1-3H3,(H,8,9,10);5H,4H2,1-3H3,(H,8,9);4-5,7H,1-3H3,(H,8,9);5-6H,3-4H2,1-2H3,(H,7,8,9);4,6H,3H2,1-2H3,(H,7,8). The number of carbonyl (C=O) groups is 3. The van der Waals surface area contributed by atoms with E-state index in [0.717, 1.165) is 0 Å². The summed E-state index contributed by atoms with van der Waals surface area (Å²) in [5, 5.41) is 33.2. The molecular formula is C35H82N6O12S2. The van der Waals surface area contributed by atoms with Gasteiger partial charge < -0.3 is 41.1 Å². The molecule has 0 bridgehead atoms. The van der Waals surface area contributed by atoms with Gasteiger partial charge in [0.2, 0.25) is 0 Å². The Morgan fingerprint density at radius 3 is 1.13 bits per heavy atom. The van der Waals surface area contributed by atoms with Gasteiger partial charge in [0.25, 0.3) is 20.2 Å². The van der Waals surface area contributed by atoms with Crippen LogP contribution in [0.25, 0.3) is 0 Å². The first-order valence-electron chi connectivity index (χ1n) is 18.5. The normalized spacial score (nSPS) is 11.9. The number of hydrogen-bond donors (Lipinski definition) is 8. The third-order valence-electron chi connectivity index (χ3n) is 6.84.